The van der Waals surface area contributed by atoms with Gasteiger partial charge in [0.15, 0.2) is 0 Å². The molecule has 1 aliphatic heterocycles. The zero-order valence-corrected chi connectivity index (χ0v) is 33.4. The van der Waals surface area contributed by atoms with Gasteiger partial charge in [-0.2, -0.15) is 0 Å². The van der Waals surface area contributed by atoms with Crippen LogP contribution in [0.1, 0.15) is 54.0 Å². The third-order valence-electron chi connectivity index (χ3n) is 12.4. The highest BCUT2D eigenvalue weighted by Gasteiger charge is 2.39. The molecule has 5 nitrogen and oxygen atoms in total. The minimum absolute atomic E-state index is 0.0357. The topological polar surface area (TPSA) is 58.4 Å². The number of pyridine rings is 1. The molecule has 288 valence electrons. The molecule has 0 spiro atoms. The van der Waals surface area contributed by atoms with E-state index in [9.17, 15) is 4.79 Å². The van der Waals surface area contributed by atoms with Crippen LogP contribution >= 0.6 is 0 Å². The Kier molecular flexibility index (Phi) is 8.47. The minimum Gasteiger partial charge on any atom is -0.350 e. The molecule has 0 bridgehead atoms. The monoisotopic (exact) mass is 774 g/mol. The first-order valence-corrected chi connectivity index (χ1v) is 20.7. The predicted octanol–water partition coefficient (Wildman–Crippen LogP) is 12.1. The number of nitrogens with one attached hydrogen (secondary N) is 2. The second-order valence-electron chi connectivity index (χ2n) is 16.4. The van der Waals surface area contributed by atoms with E-state index in [4.69, 9.17) is 4.99 Å². The Bertz CT molecular complexity index is 3150. The summed E-state index contributed by atoms with van der Waals surface area (Å²) in [7, 11) is 0. The third kappa shape index (κ3) is 5.89. The lowest BCUT2D eigenvalue weighted by molar-refractivity contribution is 0.409. The van der Waals surface area contributed by atoms with Crippen LogP contribution in [0, 0.1) is 0 Å². The summed E-state index contributed by atoms with van der Waals surface area (Å²) in [4.78, 5) is 19.7. The van der Waals surface area contributed by atoms with Gasteiger partial charge in [-0.3, -0.25) is 14.7 Å². The number of rotatable bonds is 6. The van der Waals surface area contributed by atoms with E-state index in [1.807, 2.05) is 53.1 Å². The summed E-state index contributed by atoms with van der Waals surface area (Å²) >= 11 is 0. The zero-order valence-electron chi connectivity index (χ0n) is 33.4. The molecule has 0 fully saturated rings. The summed E-state index contributed by atoms with van der Waals surface area (Å²) in [5, 5.41) is 10.5. The van der Waals surface area contributed by atoms with E-state index < -0.39 is 6.17 Å². The van der Waals surface area contributed by atoms with Crippen molar-refractivity contribution in [2.24, 2.45) is 4.99 Å². The van der Waals surface area contributed by atoms with Gasteiger partial charge >= 0.3 is 0 Å². The summed E-state index contributed by atoms with van der Waals surface area (Å²) in [6, 6.07) is 67.8. The van der Waals surface area contributed by atoms with Crippen LogP contribution in [0.25, 0.3) is 60.7 Å². The molecule has 5 heteroatoms. The summed E-state index contributed by atoms with van der Waals surface area (Å²) in [6.45, 7) is 4.65. The van der Waals surface area contributed by atoms with Crippen LogP contribution in [-0.2, 0) is 5.41 Å². The van der Waals surface area contributed by atoms with Gasteiger partial charge in [-0.1, -0.05) is 159 Å². The zero-order chi connectivity index (χ0) is 40.4. The second kappa shape index (κ2) is 14.2. The van der Waals surface area contributed by atoms with Crippen molar-refractivity contribution in [3.8, 4) is 39.1 Å². The molecule has 1 aromatic heterocycles. The number of para-hydroxylation sites is 1. The summed E-state index contributed by atoms with van der Waals surface area (Å²) in [5.74, 6) is 0.840. The third-order valence-corrected chi connectivity index (χ3v) is 12.4. The van der Waals surface area contributed by atoms with Crippen molar-refractivity contribution in [1.82, 2.24) is 15.2 Å². The number of amidine groups is 1. The fourth-order valence-electron chi connectivity index (χ4n) is 9.60. The van der Waals surface area contributed by atoms with Crippen LogP contribution in [0.5, 0.6) is 0 Å². The molecule has 0 radical (unpaired) electrons. The maximum Gasteiger partial charge on any atom is 0.263 e. The van der Waals surface area contributed by atoms with Gasteiger partial charge in [-0.05, 0) is 110 Å². The molecule has 2 N–H and O–H groups in total. The smallest absolute Gasteiger partial charge is 0.263 e. The van der Waals surface area contributed by atoms with E-state index in [1.54, 1.807) is 0 Å². The predicted molar refractivity (Wildman–Crippen MR) is 247 cm³/mol. The van der Waals surface area contributed by atoms with E-state index >= 15 is 0 Å². The van der Waals surface area contributed by atoms with Gasteiger partial charge in [-0.15, -0.1) is 0 Å². The maximum absolute atomic E-state index is 14.1. The second-order valence-corrected chi connectivity index (χ2v) is 16.4. The summed E-state index contributed by atoms with van der Waals surface area (Å²) < 4.78 is 1.84. The van der Waals surface area contributed by atoms with Gasteiger partial charge in [0, 0.05) is 27.4 Å². The van der Waals surface area contributed by atoms with Crippen LogP contribution in [0.15, 0.2) is 204 Å². The highest BCUT2D eigenvalue weighted by atomic mass is 16.1. The molecule has 8 aromatic carbocycles. The van der Waals surface area contributed by atoms with Crippen molar-refractivity contribution >= 4 is 27.5 Å². The van der Waals surface area contributed by atoms with Gasteiger partial charge in [0.05, 0.1) is 5.52 Å². The Morgan fingerprint density at radius 3 is 1.83 bits per heavy atom. The van der Waals surface area contributed by atoms with E-state index in [-0.39, 0.29) is 17.1 Å². The lowest BCUT2D eigenvalue weighted by Crippen LogP contribution is -2.45. The van der Waals surface area contributed by atoms with Gasteiger partial charge in [0.1, 0.15) is 18.2 Å². The average molecular weight is 775 g/mol. The fourth-order valence-corrected chi connectivity index (χ4v) is 9.60. The molecule has 2 heterocycles. The number of fused-ring (bicyclic) bond motifs is 6. The largest absolute Gasteiger partial charge is 0.350 e. The van der Waals surface area contributed by atoms with E-state index in [2.05, 4.69) is 170 Å². The SMILES string of the molecule is CC1(C)c2ccccc2-c2cccc(C3=NC(c4ccc5c(c4)c4ccccc4c(=O)n5-c4ccccc4)NC(c4cc(-c5ccccc5)cc(-c5ccccc5)c4)N3)c21. The molecule has 1 aliphatic carbocycles. The standard InChI is InChI=1S/C55H42N4O/c1-55(2)48-28-15-14-24-43(48)44-26-16-27-46(50(44)55)53-57-51(37-29-30-49-47(34-37)42-23-12-13-25-45(42)54(60)59(49)41-21-10-5-11-22-41)56-52(58-53)40-32-38(35-17-6-3-7-18-35)31-39(33-40)36-19-8-4-9-20-36/h3-34,51-52,56H,1-2H3,(H,57,58). The average Bonchev–Trinajstić information content (AvgIpc) is 3.55. The molecule has 0 saturated carbocycles. The molecular weight excluding hydrogens is 733 g/mol. The number of benzene rings is 8. The van der Waals surface area contributed by atoms with Crippen LogP contribution in [0.4, 0.5) is 0 Å². The van der Waals surface area contributed by atoms with Crippen molar-refractivity contribution in [2.45, 2.75) is 31.6 Å². The molecule has 2 atom stereocenters. The van der Waals surface area contributed by atoms with Crippen LogP contribution in [-0.4, -0.2) is 10.4 Å². The Morgan fingerprint density at radius 2 is 1.12 bits per heavy atom. The Balaban J connectivity index is 1.12. The first kappa shape index (κ1) is 35.8. The van der Waals surface area contributed by atoms with Crippen molar-refractivity contribution < 1.29 is 0 Å². The molecule has 2 aliphatic rings. The van der Waals surface area contributed by atoms with Crippen molar-refractivity contribution in [3.63, 3.8) is 0 Å². The fraction of sp³-hybridized carbons (Fsp3) is 0.0909. The molecule has 11 rings (SSSR count). The Hall–Kier alpha value is -7.34. The number of hydrogen-bond acceptors (Lipinski definition) is 4. The van der Waals surface area contributed by atoms with Crippen molar-refractivity contribution in [3.05, 3.63) is 232 Å². The van der Waals surface area contributed by atoms with Crippen LogP contribution < -0.4 is 16.2 Å². The molecule has 60 heavy (non-hydrogen) atoms. The number of aliphatic imine (C=N–C) groups is 1. The lowest BCUT2D eigenvalue weighted by Gasteiger charge is -2.34. The van der Waals surface area contributed by atoms with Gasteiger partial charge < -0.3 is 5.32 Å². The highest BCUT2D eigenvalue weighted by molar-refractivity contribution is 6.07. The Labute approximate surface area is 349 Å². The molecule has 2 unspecified atom stereocenters. The summed E-state index contributed by atoms with van der Waals surface area (Å²) in [6.07, 6.45) is -0.725. The highest BCUT2D eigenvalue weighted by Crippen LogP contribution is 2.50. The van der Waals surface area contributed by atoms with Gasteiger partial charge in [0.2, 0.25) is 0 Å². The quantitative estimate of drug-likeness (QED) is 0.165. The first-order valence-electron chi connectivity index (χ1n) is 20.7. The van der Waals surface area contributed by atoms with Crippen molar-refractivity contribution in [1.29, 1.82) is 0 Å². The van der Waals surface area contributed by atoms with Gasteiger partial charge in [0.25, 0.3) is 5.56 Å². The first-order chi connectivity index (χ1) is 29.4. The number of hydrogen-bond donors (Lipinski definition) is 2. The Morgan fingerprint density at radius 1 is 0.517 bits per heavy atom. The maximum atomic E-state index is 14.1. The lowest BCUT2D eigenvalue weighted by atomic mass is 9.80. The summed E-state index contributed by atoms with van der Waals surface area (Å²) in [5.41, 5.74) is 14.3. The van der Waals surface area contributed by atoms with E-state index in [1.165, 1.54) is 22.3 Å². The van der Waals surface area contributed by atoms with E-state index in [0.717, 1.165) is 66.8 Å². The van der Waals surface area contributed by atoms with Crippen LogP contribution in [0.2, 0.25) is 0 Å². The van der Waals surface area contributed by atoms with Gasteiger partial charge in [-0.25, -0.2) is 4.99 Å². The number of nitrogens with zero attached hydrogens (tertiary/aromatic N) is 2. The molecule has 0 saturated heterocycles. The molecule has 9 aromatic rings. The normalized spacial score (nSPS) is 16.5. The number of aromatic nitrogens is 1. The molecular formula is C55H42N4O. The van der Waals surface area contributed by atoms with Crippen LogP contribution in [0.3, 0.4) is 0 Å². The van der Waals surface area contributed by atoms with Crippen molar-refractivity contribution in [2.75, 3.05) is 0 Å². The minimum atomic E-state index is -0.421. The van der Waals surface area contributed by atoms with E-state index in [0.29, 0.717) is 5.39 Å². The molecule has 0 amide bonds.